The van der Waals surface area contributed by atoms with Crippen LogP contribution in [0.3, 0.4) is 0 Å². The van der Waals surface area contributed by atoms with E-state index in [9.17, 15) is 19.7 Å². The molecule has 0 aliphatic rings. The van der Waals surface area contributed by atoms with E-state index < -0.39 is 16.9 Å². The molecule has 0 aliphatic carbocycles. The van der Waals surface area contributed by atoms with Crippen molar-refractivity contribution < 1.29 is 24.7 Å². The molecule has 0 atom stereocenters. The van der Waals surface area contributed by atoms with Gasteiger partial charge in [0.2, 0.25) is 0 Å². The SMILES string of the molecule is O=C(O)Cc1ccc(Sc2ccc(C(=O)O)cc2[N+](=O)[O-])cc1. The number of carbonyl (C=O) groups is 2. The van der Waals surface area contributed by atoms with Crippen LogP contribution in [-0.2, 0) is 11.2 Å². The van der Waals surface area contributed by atoms with Crippen molar-refractivity contribution in [1.82, 2.24) is 0 Å². The van der Waals surface area contributed by atoms with Crippen LogP contribution in [-0.4, -0.2) is 27.1 Å². The number of benzene rings is 2. The molecule has 0 fully saturated rings. The summed E-state index contributed by atoms with van der Waals surface area (Å²) in [5, 5.41) is 28.7. The summed E-state index contributed by atoms with van der Waals surface area (Å²) >= 11 is 1.11. The van der Waals surface area contributed by atoms with Crippen LogP contribution in [0, 0.1) is 10.1 Å². The Morgan fingerprint density at radius 2 is 1.74 bits per heavy atom. The molecule has 118 valence electrons. The summed E-state index contributed by atoms with van der Waals surface area (Å²) in [7, 11) is 0. The van der Waals surface area contributed by atoms with E-state index in [1.165, 1.54) is 12.1 Å². The van der Waals surface area contributed by atoms with Gasteiger partial charge in [0.25, 0.3) is 5.69 Å². The molecule has 0 bridgehead atoms. The summed E-state index contributed by atoms with van der Waals surface area (Å²) in [4.78, 5) is 33.0. The van der Waals surface area contributed by atoms with E-state index in [0.29, 0.717) is 15.4 Å². The van der Waals surface area contributed by atoms with Gasteiger partial charge in [0, 0.05) is 11.0 Å². The van der Waals surface area contributed by atoms with Crippen LogP contribution >= 0.6 is 11.8 Å². The Morgan fingerprint density at radius 3 is 2.26 bits per heavy atom. The van der Waals surface area contributed by atoms with Crippen LogP contribution in [0.15, 0.2) is 52.3 Å². The lowest BCUT2D eigenvalue weighted by molar-refractivity contribution is -0.387. The van der Waals surface area contributed by atoms with E-state index in [-0.39, 0.29) is 17.7 Å². The number of nitro benzene ring substituents is 1. The zero-order valence-electron chi connectivity index (χ0n) is 11.6. The predicted octanol–water partition coefficient (Wildman–Crippen LogP) is 3.07. The molecule has 0 unspecified atom stereocenters. The average molecular weight is 333 g/mol. The van der Waals surface area contributed by atoms with Crippen molar-refractivity contribution in [1.29, 1.82) is 0 Å². The van der Waals surface area contributed by atoms with Gasteiger partial charge < -0.3 is 10.2 Å². The van der Waals surface area contributed by atoms with E-state index in [0.717, 1.165) is 17.8 Å². The number of hydrogen-bond acceptors (Lipinski definition) is 5. The van der Waals surface area contributed by atoms with Crippen LogP contribution in [0.1, 0.15) is 15.9 Å². The van der Waals surface area contributed by atoms with Gasteiger partial charge in [-0.25, -0.2) is 4.79 Å². The number of nitrogens with zero attached hydrogens (tertiary/aromatic N) is 1. The minimum Gasteiger partial charge on any atom is -0.481 e. The van der Waals surface area contributed by atoms with Crippen molar-refractivity contribution in [3.8, 4) is 0 Å². The molecule has 0 heterocycles. The summed E-state index contributed by atoms with van der Waals surface area (Å²) in [6.07, 6.45) is -0.0988. The second kappa shape index (κ2) is 6.93. The van der Waals surface area contributed by atoms with Crippen LogP contribution in [0.2, 0.25) is 0 Å². The molecule has 0 saturated carbocycles. The monoisotopic (exact) mass is 333 g/mol. The zero-order chi connectivity index (χ0) is 17.0. The van der Waals surface area contributed by atoms with Gasteiger partial charge in [-0.15, -0.1) is 0 Å². The highest BCUT2D eigenvalue weighted by atomic mass is 32.2. The molecule has 0 radical (unpaired) electrons. The number of aliphatic carboxylic acids is 1. The molecule has 7 nitrogen and oxygen atoms in total. The fourth-order valence-electron chi connectivity index (χ4n) is 1.86. The molecule has 0 saturated heterocycles. The molecule has 2 aromatic carbocycles. The minimum atomic E-state index is -1.23. The quantitative estimate of drug-likeness (QED) is 0.616. The van der Waals surface area contributed by atoms with Gasteiger partial charge in [-0.1, -0.05) is 23.9 Å². The Bertz CT molecular complexity index is 772. The van der Waals surface area contributed by atoms with E-state index in [4.69, 9.17) is 10.2 Å². The van der Waals surface area contributed by atoms with Crippen molar-refractivity contribution in [2.75, 3.05) is 0 Å². The molecular weight excluding hydrogens is 322 g/mol. The highest BCUT2D eigenvalue weighted by molar-refractivity contribution is 7.99. The minimum absolute atomic E-state index is 0.0988. The molecule has 2 rings (SSSR count). The van der Waals surface area contributed by atoms with Crippen molar-refractivity contribution >= 4 is 29.4 Å². The summed E-state index contributed by atoms with van der Waals surface area (Å²) in [6.45, 7) is 0. The molecule has 0 aromatic heterocycles. The van der Waals surface area contributed by atoms with Crippen molar-refractivity contribution in [3.05, 3.63) is 63.7 Å². The number of rotatable bonds is 6. The van der Waals surface area contributed by atoms with Crippen LogP contribution < -0.4 is 0 Å². The number of carboxylic acid groups (broad SMARTS) is 2. The second-order valence-electron chi connectivity index (χ2n) is 4.56. The maximum atomic E-state index is 11.1. The maximum Gasteiger partial charge on any atom is 0.335 e. The smallest absolute Gasteiger partial charge is 0.335 e. The van der Waals surface area contributed by atoms with Gasteiger partial charge in [-0.05, 0) is 29.8 Å². The first-order chi connectivity index (χ1) is 10.9. The third kappa shape index (κ3) is 4.30. The van der Waals surface area contributed by atoms with Gasteiger partial charge in [-0.2, -0.15) is 0 Å². The molecule has 2 aromatic rings. The summed E-state index contributed by atoms with van der Waals surface area (Å²) < 4.78 is 0. The van der Waals surface area contributed by atoms with Gasteiger partial charge >= 0.3 is 11.9 Å². The fraction of sp³-hybridized carbons (Fsp3) is 0.0667. The third-order valence-electron chi connectivity index (χ3n) is 2.91. The Hall–Kier alpha value is -2.87. The van der Waals surface area contributed by atoms with E-state index in [1.54, 1.807) is 24.3 Å². The normalized spacial score (nSPS) is 10.3. The van der Waals surface area contributed by atoms with Gasteiger partial charge in [0.05, 0.1) is 21.8 Å². The van der Waals surface area contributed by atoms with Gasteiger partial charge in [0.1, 0.15) is 0 Å². The first-order valence-electron chi connectivity index (χ1n) is 6.37. The highest BCUT2D eigenvalue weighted by Gasteiger charge is 2.18. The topological polar surface area (TPSA) is 118 Å². The van der Waals surface area contributed by atoms with Crippen molar-refractivity contribution in [2.45, 2.75) is 16.2 Å². The predicted molar refractivity (Wildman–Crippen MR) is 82.0 cm³/mol. The highest BCUT2D eigenvalue weighted by Crippen LogP contribution is 2.35. The first kappa shape index (κ1) is 16.5. The van der Waals surface area contributed by atoms with Gasteiger partial charge in [-0.3, -0.25) is 14.9 Å². The van der Waals surface area contributed by atoms with E-state index in [1.807, 2.05) is 0 Å². The zero-order valence-corrected chi connectivity index (χ0v) is 12.4. The van der Waals surface area contributed by atoms with Gasteiger partial charge in [0.15, 0.2) is 0 Å². The van der Waals surface area contributed by atoms with E-state index >= 15 is 0 Å². The summed E-state index contributed by atoms with van der Waals surface area (Å²) in [5.74, 6) is -2.17. The number of aromatic carboxylic acids is 1. The number of carboxylic acids is 2. The lowest BCUT2D eigenvalue weighted by Gasteiger charge is -2.05. The summed E-state index contributed by atoms with van der Waals surface area (Å²) in [6, 6.07) is 10.3. The third-order valence-corrected chi connectivity index (χ3v) is 3.98. The van der Waals surface area contributed by atoms with Crippen LogP contribution in [0.4, 0.5) is 5.69 Å². The summed E-state index contributed by atoms with van der Waals surface area (Å²) in [5.41, 5.74) is 0.181. The Kier molecular flexibility index (Phi) is 4.97. The lowest BCUT2D eigenvalue weighted by Crippen LogP contribution is -2.00. The fourth-order valence-corrected chi connectivity index (χ4v) is 2.76. The Balaban J connectivity index is 2.27. The Morgan fingerprint density at radius 1 is 1.09 bits per heavy atom. The van der Waals surface area contributed by atoms with Crippen LogP contribution in [0.25, 0.3) is 0 Å². The number of hydrogen-bond donors (Lipinski definition) is 2. The maximum absolute atomic E-state index is 11.1. The molecule has 0 spiro atoms. The molecular formula is C15H11NO6S. The van der Waals surface area contributed by atoms with Crippen molar-refractivity contribution in [2.24, 2.45) is 0 Å². The Labute approximate surface area is 134 Å². The molecule has 0 aliphatic heterocycles. The van der Waals surface area contributed by atoms with Crippen LogP contribution in [0.5, 0.6) is 0 Å². The largest absolute Gasteiger partial charge is 0.481 e. The standard InChI is InChI=1S/C15H11NO6S/c17-14(18)7-9-1-4-11(5-2-9)23-13-6-3-10(15(19)20)8-12(13)16(21)22/h1-6,8H,7H2,(H,17,18)(H,19,20). The first-order valence-corrected chi connectivity index (χ1v) is 7.19. The molecule has 23 heavy (non-hydrogen) atoms. The molecule has 2 N–H and O–H groups in total. The lowest BCUT2D eigenvalue weighted by atomic mass is 10.2. The molecule has 0 amide bonds. The number of nitro groups is 1. The molecule has 8 heteroatoms. The van der Waals surface area contributed by atoms with Crippen molar-refractivity contribution in [3.63, 3.8) is 0 Å². The van der Waals surface area contributed by atoms with E-state index in [2.05, 4.69) is 0 Å². The average Bonchev–Trinajstić information content (AvgIpc) is 2.48. The second-order valence-corrected chi connectivity index (χ2v) is 5.68.